The molecule has 1 amide bonds. The highest BCUT2D eigenvalue weighted by molar-refractivity contribution is 5.95. The lowest BCUT2D eigenvalue weighted by molar-refractivity contribution is -2.00. The first-order chi connectivity index (χ1) is 14.1. The third-order valence-electron chi connectivity index (χ3n) is 3.72. The fraction of sp³-hybridized carbons (Fsp3) is 0.353. The standard InChI is InChI=1S/C17H18N2O7.ClHO4/c1-10(20)25-9-17(2,3)15-16(22)18-14(26-15)7-4-11-8-12(19(23)24)5-6-13(11)21;2-1(3,4)5/h4-8,15,21H,9H2,1-3H3;(H,2,3,4,5)/b7-4+;. The van der Waals surface area contributed by atoms with Crippen LogP contribution >= 0.6 is 0 Å². The van der Waals surface area contributed by atoms with Crippen LogP contribution in [-0.2, 0) is 19.1 Å². The van der Waals surface area contributed by atoms with Crippen molar-refractivity contribution in [3.05, 3.63) is 40.0 Å². The first-order valence-corrected chi connectivity index (χ1v) is 9.58. The average molecular weight is 463 g/mol. The number of esters is 1. The van der Waals surface area contributed by atoms with Crippen LogP contribution in [0.15, 0.2) is 24.3 Å². The number of ether oxygens (including phenoxy) is 2. The van der Waals surface area contributed by atoms with Gasteiger partial charge in [0.05, 0.1) is 16.4 Å². The van der Waals surface area contributed by atoms with Crippen molar-refractivity contribution in [3.63, 3.8) is 0 Å². The van der Waals surface area contributed by atoms with E-state index in [-0.39, 0.29) is 29.5 Å². The Kier molecular flexibility index (Phi) is 8.60. The van der Waals surface area contributed by atoms with Crippen LogP contribution in [0.4, 0.5) is 5.69 Å². The predicted octanol–water partition coefficient (Wildman–Crippen LogP) is -4.45. The van der Waals surface area contributed by atoms with Gasteiger partial charge in [-0.3, -0.25) is 14.9 Å². The number of hydrogen-bond acceptors (Lipinski definition) is 11. The largest absolute Gasteiger partial charge is 0.507 e. The van der Waals surface area contributed by atoms with E-state index >= 15 is 0 Å². The fourth-order valence-corrected chi connectivity index (χ4v) is 2.31. The molecule has 1 aliphatic heterocycles. The van der Waals surface area contributed by atoms with Crippen molar-refractivity contribution in [1.82, 2.24) is 0 Å². The molecular formula is C17H19ClN2O11. The molecule has 13 nitrogen and oxygen atoms in total. The Morgan fingerprint density at radius 2 is 1.90 bits per heavy atom. The smallest absolute Gasteiger partial charge is 0.429 e. The number of hydrogen-bond donors (Lipinski definition) is 2. The van der Waals surface area contributed by atoms with Gasteiger partial charge < -0.3 is 14.6 Å². The molecule has 1 unspecified atom stereocenters. The van der Waals surface area contributed by atoms with E-state index in [9.17, 15) is 24.8 Å². The van der Waals surface area contributed by atoms with Crippen molar-refractivity contribution < 1.29 is 63.0 Å². The number of benzene rings is 1. The van der Waals surface area contributed by atoms with Crippen molar-refractivity contribution in [2.75, 3.05) is 6.61 Å². The Hall–Kier alpha value is -3.10. The molecule has 0 spiro atoms. The number of nitrogens with zero attached hydrogens (tertiary/aromatic N) is 1. The quantitative estimate of drug-likeness (QED) is 0.233. The molecule has 2 N–H and O–H groups in total. The number of halogens is 1. The normalized spacial score (nSPS) is 16.3. The van der Waals surface area contributed by atoms with E-state index in [0.717, 1.165) is 0 Å². The van der Waals surface area contributed by atoms with Gasteiger partial charge in [0, 0.05) is 24.6 Å². The number of aromatic hydroxyl groups is 1. The molecule has 0 aliphatic carbocycles. The van der Waals surface area contributed by atoms with Gasteiger partial charge in [-0.1, -0.05) is 13.8 Å². The lowest BCUT2D eigenvalue weighted by Gasteiger charge is -2.25. The number of amides is 1. The molecule has 31 heavy (non-hydrogen) atoms. The molecule has 2 rings (SSSR count). The third-order valence-corrected chi connectivity index (χ3v) is 3.72. The summed E-state index contributed by atoms with van der Waals surface area (Å²) < 4.78 is 44.5. The van der Waals surface area contributed by atoms with Gasteiger partial charge in [-0.05, 0) is 12.1 Å². The molecule has 170 valence electrons. The second-order valence-corrected chi connectivity index (χ2v) is 7.59. The summed E-state index contributed by atoms with van der Waals surface area (Å²) in [5, 5.41) is 20.6. The predicted molar refractivity (Wildman–Crippen MR) is 90.1 cm³/mol. The molecule has 14 heteroatoms. The molecule has 1 atom stereocenters. The zero-order valence-electron chi connectivity index (χ0n) is 16.5. The van der Waals surface area contributed by atoms with Gasteiger partial charge in [0.1, 0.15) is 12.4 Å². The van der Waals surface area contributed by atoms with E-state index in [2.05, 4.69) is 4.99 Å². The summed E-state index contributed by atoms with van der Waals surface area (Å²) in [5.41, 5.74) is -0.740. The highest BCUT2D eigenvalue weighted by Crippen LogP contribution is 2.26. The van der Waals surface area contributed by atoms with Crippen molar-refractivity contribution in [3.8, 4) is 5.75 Å². The van der Waals surface area contributed by atoms with Gasteiger partial charge in [-0.2, -0.15) is 0 Å². The van der Waals surface area contributed by atoms with Gasteiger partial charge >= 0.3 is 17.8 Å². The van der Waals surface area contributed by atoms with E-state index in [4.69, 9.17) is 28.1 Å². The third kappa shape index (κ3) is 9.06. The van der Waals surface area contributed by atoms with Crippen molar-refractivity contribution in [2.45, 2.75) is 26.9 Å². The molecule has 0 aromatic heterocycles. The highest BCUT2D eigenvalue weighted by Gasteiger charge is 2.47. The van der Waals surface area contributed by atoms with Crippen LogP contribution in [0.1, 0.15) is 26.3 Å². The molecular weight excluding hydrogens is 444 g/mol. The second-order valence-electron chi connectivity index (χ2n) is 6.83. The molecule has 0 radical (unpaired) electrons. The van der Waals surface area contributed by atoms with Crippen LogP contribution in [0.25, 0.3) is 6.08 Å². The maximum absolute atomic E-state index is 12.1. The number of nitrogens with one attached hydrogen (secondary N) is 1. The summed E-state index contributed by atoms with van der Waals surface area (Å²) in [4.78, 5) is 35.9. The van der Waals surface area contributed by atoms with Gasteiger partial charge in [0.2, 0.25) is 6.10 Å². The topological polar surface area (TPSA) is 222 Å². The average Bonchev–Trinajstić information content (AvgIpc) is 2.99. The van der Waals surface area contributed by atoms with Gasteiger partial charge in [-0.15, -0.1) is 15.2 Å². The van der Waals surface area contributed by atoms with Gasteiger partial charge in [0.15, 0.2) is 0 Å². The number of phenolic OH excluding ortho intramolecular Hbond substituents is 1. The monoisotopic (exact) mass is 462 g/mol. The number of carbonyl (C=O) groups is 2. The minimum absolute atomic E-state index is 0.00306. The molecule has 0 saturated carbocycles. The van der Waals surface area contributed by atoms with E-state index in [1.54, 1.807) is 13.8 Å². The van der Waals surface area contributed by atoms with Crippen molar-refractivity contribution in [1.29, 1.82) is 0 Å². The first kappa shape index (κ1) is 25.9. The minimum atomic E-state index is -4.94. The van der Waals surface area contributed by atoms with Crippen LogP contribution in [0, 0.1) is 25.8 Å². The lowest BCUT2D eigenvalue weighted by Crippen LogP contribution is -2.75. The van der Waals surface area contributed by atoms with E-state index in [0.29, 0.717) is 0 Å². The Labute approximate surface area is 177 Å². The van der Waals surface area contributed by atoms with Gasteiger partial charge in [0.25, 0.3) is 5.69 Å². The number of rotatable bonds is 6. The summed E-state index contributed by atoms with van der Waals surface area (Å²) >= 11 is 0. The molecule has 0 bridgehead atoms. The van der Waals surface area contributed by atoms with Crippen LogP contribution in [-0.4, -0.2) is 40.5 Å². The summed E-state index contributed by atoms with van der Waals surface area (Å²) in [6.45, 7) is 4.72. The molecule has 1 aromatic carbocycles. The van der Waals surface area contributed by atoms with Crippen molar-refractivity contribution >= 4 is 29.5 Å². The summed E-state index contributed by atoms with van der Waals surface area (Å²) in [6.07, 6.45) is 1.90. The Morgan fingerprint density at radius 1 is 1.32 bits per heavy atom. The number of nitro groups is 1. The Morgan fingerprint density at radius 3 is 2.42 bits per heavy atom. The maximum Gasteiger partial charge on any atom is 0.429 e. The molecule has 1 aromatic rings. The van der Waals surface area contributed by atoms with E-state index < -0.39 is 38.6 Å². The number of carbonyl (C=O) groups excluding carboxylic acids is 2. The van der Waals surface area contributed by atoms with Gasteiger partial charge in [-0.25, -0.2) is 23.4 Å². The van der Waals surface area contributed by atoms with E-state index in [1.807, 2.05) is 0 Å². The van der Waals surface area contributed by atoms with Crippen molar-refractivity contribution in [2.24, 2.45) is 5.41 Å². The molecule has 0 fully saturated rings. The molecule has 1 aliphatic rings. The summed E-state index contributed by atoms with van der Waals surface area (Å²) in [7, 11) is -4.94. The Bertz CT molecular complexity index is 900. The Balaban J connectivity index is 0.000000861. The molecule has 1 heterocycles. The number of phenols is 1. The van der Waals surface area contributed by atoms with Crippen LogP contribution in [0.5, 0.6) is 5.75 Å². The summed E-state index contributed by atoms with van der Waals surface area (Å²) in [6, 6.07) is 3.59. The van der Waals surface area contributed by atoms with Crippen LogP contribution < -0.4 is 23.6 Å². The highest BCUT2D eigenvalue weighted by atomic mass is 35.7. The first-order valence-electron chi connectivity index (χ1n) is 8.35. The SMILES string of the molecule is CC(=O)OCC(C)(C)C1OC(/C=C/c2cc([N+](=O)[O-])ccc2O)=[NH+]C1=O.[O-][Cl+3]([O-])([O-])[O-]. The second kappa shape index (κ2) is 10.3. The number of non-ortho nitro benzene ring substituents is 1. The molecule has 0 saturated heterocycles. The summed E-state index contributed by atoms with van der Waals surface area (Å²) in [5.74, 6) is -0.878. The number of nitro benzene ring substituents is 1. The zero-order valence-corrected chi connectivity index (χ0v) is 17.3. The van der Waals surface area contributed by atoms with Crippen LogP contribution in [0.3, 0.4) is 0 Å². The van der Waals surface area contributed by atoms with E-state index in [1.165, 1.54) is 37.3 Å². The van der Waals surface area contributed by atoms with Crippen LogP contribution in [0.2, 0.25) is 0 Å². The zero-order chi connectivity index (χ0) is 24.0. The minimum Gasteiger partial charge on any atom is -0.507 e. The lowest BCUT2D eigenvalue weighted by atomic mass is 9.87. The maximum atomic E-state index is 12.1. The fourth-order valence-electron chi connectivity index (χ4n) is 2.31.